The number of aryl methyl sites for hydroxylation is 1. The number of nitrogens with zero attached hydrogens (tertiary/aromatic N) is 6. The molecule has 0 spiro atoms. The van der Waals surface area contributed by atoms with Crippen LogP contribution in [0.25, 0.3) is 11.0 Å². The van der Waals surface area contributed by atoms with Gasteiger partial charge in [0, 0.05) is 43.8 Å². The number of ether oxygens (including phenoxy) is 3. The standard InChI is InChI=1S/C36H49N7O12/c1-17-21-14-38-36(40-32(21)43(19-5-3-4-6-19)33(52)25(17)18(2)46)39-24-8-7-20(13-37-24)41-9-11-42(12-10-41)34-29(50)28(49)31(23(16-45)53-34)55-35-30(51)27(48)26(47)22(15-44)54-35/h7-8,13-14,19,22-23,26-31,34-35,44-45,47-51H,3-6,9-12,15-16H2,1-2H3,(H,37,38,39,40). The highest BCUT2D eigenvalue weighted by atomic mass is 16.7. The number of Topliss-reactive ketones (excluding diaryl/α,β-unsaturated/α-hetero) is 1. The van der Waals surface area contributed by atoms with Crippen LogP contribution < -0.4 is 15.8 Å². The van der Waals surface area contributed by atoms with Gasteiger partial charge in [-0.1, -0.05) is 12.8 Å². The third kappa shape index (κ3) is 7.58. The first-order valence-corrected chi connectivity index (χ1v) is 18.6. The van der Waals surface area contributed by atoms with Gasteiger partial charge in [-0.2, -0.15) is 4.98 Å². The third-order valence-electron chi connectivity index (χ3n) is 11.3. The Morgan fingerprint density at radius 1 is 0.891 bits per heavy atom. The van der Waals surface area contributed by atoms with E-state index in [0.717, 1.165) is 31.4 Å². The molecule has 6 heterocycles. The van der Waals surface area contributed by atoms with Gasteiger partial charge < -0.3 is 60.2 Å². The number of rotatable bonds is 10. The Hall–Kier alpha value is -3.73. The van der Waals surface area contributed by atoms with Crippen LogP contribution in [0.2, 0.25) is 0 Å². The van der Waals surface area contributed by atoms with Crippen LogP contribution in [0.15, 0.2) is 29.3 Å². The van der Waals surface area contributed by atoms with Crippen molar-refractivity contribution in [3.8, 4) is 0 Å². The fraction of sp³-hybridized carbons (Fsp3) is 0.639. The van der Waals surface area contributed by atoms with Crippen molar-refractivity contribution in [3.63, 3.8) is 0 Å². The summed E-state index contributed by atoms with van der Waals surface area (Å²) >= 11 is 0. The van der Waals surface area contributed by atoms with Gasteiger partial charge in [0.1, 0.15) is 66.5 Å². The molecule has 0 radical (unpaired) electrons. The maximum absolute atomic E-state index is 13.5. The minimum Gasteiger partial charge on any atom is -0.394 e. The van der Waals surface area contributed by atoms with Crippen molar-refractivity contribution >= 4 is 34.3 Å². The van der Waals surface area contributed by atoms with Gasteiger partial charge in [0.25, 0.3) is 5.56 Å². The Kier molecular flexibility index (Phi) is 11.8. The molecule has 0 aromatic carbocycles. The molecule has 3 aliphatic heterocycles. The average molecular weight is 772 g/mol. The van der Waals surface area contributed by atoms with Crippen LogP contribution in [0.4, 0.5) is 17.5 Å². The van der Waals surface area contributed by atoms with E-state index in [0.29, 0.717) is 48.6 Å². The second kappa shape index (κ2) is 16.4. The molecule has 300 valence electrons. The van der Waals surface area contributed by atoms with Gasteiger partial charge >= 0.3 is 0 Å². The summed E-state index contributed by atoms with van der Waals surface area (Å²) in [6.45, 7) is 3.73. The number of carbonyl (C=O) groups is 1. The summed E-state index contributed by atoms with van der Waals surface area (Å²) in [6, 6.07) is 3.64. The summed E-state index contributed by atoms with van der Waals surface area (Å²) in [5.74, 6) is 0.462. The second-order valence-electron chi connectivity index (χ2n) is 14.7. The highest BCUT2D eigenvalue weighted by molar-refractivity contribution is 5.99. The van der Waals surface area contributed by atoms with Crippen molar-refractivity contribution in [1.29, 1.82) is 0 Å². The number of hydrogen-bond acceptors (Lipinski definition) is 18. The maximum atomic E-state index is 13.5. The Balaban J connectivity index is 0.985. The Morgan fingerprint density at radius 3 is 2.24 bits per heavy atom. The molecule has 4 fully saturated rings. The molecule has 1 saturated carbocycles. The minimum atomic E-state index is -1.74. The first kappa shape index (κ1) is 39.5. The van der Waals surface area contributed by atoms with Gasteiger partial charge in [0.2, 0.25) is 5.95 Å². The predicted molar refractivity (Wildman–Crippen MR) is 194 cm³/mol. The summed E-state index contributed by atoms with van der Waals surface area (Å²) < 4.78 is 18.7. The fourth-order valence-electron chi connectivity index (χ4n) is 8.18. The van der Waals surface area contributed by atoms with Crippen LogP contribution in [0.3, 0.4) is 0 Å². The van der Waals surface area contributed by atoms with Crippen molar-refractivity contribution in [2.45, 2.75) is 107 Å². The molecule has 4 aliphatic rings. The summed E-state index contributed by atoms with van der Waals surface area (Å²) in [6.07, 6.45) is -7.50. The van der Waals surface area contributed by atoms with E-state index in [-0.39, 0.29) is 28.9 Å². The van der Waals surface area contributed by atoms with Crippen molar-refractivity contribution in [1.82, 2.24) is 24.4 Å². The molecule has 3 aromatic rings. The quantitative estimate of drug-likeness (QED) is 0.107. The zero-order valence-electron chi connectivity index (χ0n) is 30.6. The maximum Gasteiger partial charge on any atom is 0.263 e. The number of anilines is 3. The SMILES string of the molecule is CC(=O)c1c(C)c2cnc(Nc3ccc(N4CCN(C5OC(CO)C(OC6OC(CO)C(O)C(O)C6O)C(O)C5O)CC4)cn3)nc2n(C2CCCC2)c1=O. The van der Waals surface area contributed by atoms with E-state index in [1.54, 1.807) is 30.0 Å². The molecule has 8 N–H and O–H groups in total. The highest BCUT2D eigenvalue weighted by Crippen LogP contribution is 2.33. The number of ketones is 1. The molecule has 7 rings (SSSR count). The zero-order chi connectivity index (χ0) is 39.1. The summed E-state index contributed by atoms with van der Waals surface area (Å²) in [5.41, 5.74) is 1.72. The first-order chi connectivity index (χ1) is 26.4. The first-order valence-electron chi connectivity index (χ1n) is 18.6. The van der Waals surface area contributed by atoms with Gasteiger partial charge in [-0.15, -0.1) is 0 Å². The van der Waals surface area contributed by atoms with Crippen LogP contribution in [0, 0.1) is 6.92 Å². The van der Waals surface area contributed by atoms with Crippen molar-refractivity contribution in [3.05, 3.63) is 46.0 Å². The van der Waals surface area contributed by atoms with Gasteiger partial charge in [0.05, 0.1) is 30.7 Å². The summed E-state index contributed by atoms with van der Waals surface area (Å²) in [5, 5.41) is 76.2. The minimum absolute atomic E-state index is 0.0422. The van der Waals surface area contributed by atoms with E-state index in [2.05, 4.69) is 20.2 Å². The summed E-state index contributed by atoms with van der Waals surface area (Å²) in [7, 11) is 0. The van der Waals surface area contributed by atoms with Gasteiger partial charge in [-0.25, -0.2) is 9.97 Å². The van der Waals surface area contributed by atoms with Crippen LogP contribution >= 0.6 is 0 Å². The van der Waals surface area contributed by atoms with E-state index < -0.39 is 74.6 Å². The van der Waals surface area contributed by atoms with Crippen LogP contribution in [-0.4, -0.2) is 167 Å². The van der Waals surface area contributed by atoms with E-state index in [9.17, 15) is 45.3 Å². The molecule has 10 atom stereocenters. The number of aromatic nitrogens is 4. The molecule has 1 aliphatic carbocycles. The molecule has 0 bridgehead atoms. The number of fused-ring (bicyclic) bond motifs is 1. The van der Waals surface area contributed by atoms with Crippen LogP contribution in [-0.2, 0) is 14.2 Å². The molecular formula is C36H49N7O12. The number of piperazine rings is 1. The fourth-order valence-corrected chi connectivity index (χ4v) is 8.18. The molecule has 3 aromatic heterocycles. The number of pyridine rings is 2. The molecule has 55 heavy (non-hydrogen) atoms. The Bertz CT molecular complexity index is 1880. The number of hydrogen-bond donors (Lipinski definition) is 8. The molecule has 19 heteroatoms. The zero-order valence-corrected chi connectivity index (χ0v) is 30.6. The molecule has 3 saturated heterocycles. The van der Waals surface area contributed by atoms with E-state index >= 15 is 0 Å². The Morgan fingerprint density at radius 2 is 1.60 bits per heavy atom. The smallest absolute Gasteiger partial charge is 0.263 e. The van der Waals surface area contributed by atoms with Crippen LogP contribution in [0.5, 0.6) is 0 Å². The lowest BCUT2D eigenvalue weighted by molar-refractivity contribution is -0.349. The molecule has 0 amide bonds. The lowest BCUT2D eigenvalue weighted by atomic mass is 9.96. The number of aliphatic hydroxyl groups is 7. The molecule has 19 nitrogen and oxygen atoms in total. The number of nitrogens with one attached hydrogen (secondary N) is 1. The van der Waals surface area contributed by atoms with Crippen molar-refractivity contribution < 1.29 is 54.8 Å². The lowest BCUT2D eigenvalue weighted by Crippen LogP contribution is -2.67. The molecule has 10 unspecified atom stereocenters. The largest absolute Gasteiger partial charge is 0.394 e. The normalized spacial score (nSPS) is 32.3. The van der Waals surface area contributed by atoms with Gasteiger partial charge in [-0.3, -0.25) is 19.1 Å². The number of aliphatic hydroxyl groups excluding tert-OH is 7. The monoisotopic (exact) mass is 771 g/mol. The lowest BCUT2D eigenvalue weighted by Gasteiger charge is -2.49. The average Bonchev–Trinajstić information content (AvgIpc) is 3.72. The second-order valence-corrected chi connectivity index (χ2v) is 14.7. The van der Waals surface area contributed by atoms with Gasteiger partial charge in [0.15, 0.2) is 12.1 Å². The van der Waals surface area contributed by atoms with Crippen molar-refractivity contribution in [2.24, 2.45) is 0 Å². The molecular weight excluding hydrogens is 722 g/mol. The van der Waals surface area contributed by atoms with E-state index in [1.807, 2.05) is 11.0 Å². The summed E-state index contributed by atoms with van der Waals surface area (Å²) in [4.78, 5) is 43.7. The topological polar surface area (TPSA) is 266 Å². The number of carbonyl (C=O) groups excluding carboxylic acids is 1. The van der Waals surface area contributed by atoms with E-state index in [4.69, 9.17) is 19.2 Å². The van der Waals surface area contributed by atoms with Gasteiger partial charge in [-0.05, 0) is 44.4 Å². The van der Waals surface area contributed by atoms with E-state index in [1.165, 1.54) is 6.92 Å². The van der Waals surface area contributed by atoms with Crippen molar-refractivity contribution in [2.75, 3.05) is 49.6 Å². The predicted octanol–water partition coefficient (Wildman–Crippen LogP) is -1.70. The highest BCUT2D eigenvalue weighted by Gasteiger charge is 2.51. The Labute approximate surface area is 315 Å². The van der Waals surface area contributed by atoms with Crippen LogP contribution in [0.1, 0.15) is 54.6 Å². The third-order valence-corrected chi connectivity index (χ3v) is 11.3.